The Morgan fingerprint density at radius 3 is 2.80 bits per heavy atom. The Bertz CT molecular complexity index is 219. The molecule has 1 amide bonds. The van der Waals surface area contributed by atoms with Crippen LogP contribution in [0.1, 0.15) is 12.8 Å². The highest BCUT2D eigenvalue weighted by Crippen LogP contribution is 2.18. The molecule has 2 saturated heterocycles. The van der Waals surface area contributed by atoms with Gasteiger partial charge in [0.15, 0.2) is 0 Å². The Hall–Kier alpha value is -0.320. The number of likely N-dealkylation sites (tertiary alicyclic amines) is 1. The SMILES string of the molecule is CN[C@H]1CCN(C(=O)C2CCOC2)C1.Cl. The van der Waals surface area contributed by atoms with E-state index in [-0.39, 0.29) is 18.3 Å². The van der Waals surface area contributed by atoms with E-state index in [4.69, 9.17) is 4.74 Å². The van der Waals surface area contributed by atoms with Crippen molar-refractivity contribution >= 4 is 18.3 Å². The molecular formula is C10H19ClN2O2. The van der Waals surface area contributed by atoms with Crippen molar-refractivity contribution in [3.8, 4) is 0 Å². The molecule has 5 heteroatoms. The van der Waals surface area contributed by atoms with Crippen LogP contribution in [-0.2, 0) is 9.53 Å². The van der Waals surface area contributed by atoms with Gasteiger partial charge in [0.05, 0.1) is 12.5 Å². The van der Waals surface area contributed by atoms with Crippen LogP contribution in [0.15, 0.2) is 0 Å². The molecule has 2 fully saturated rings. The molecule has 0 aromatic carbocycles. The molecule has 15 heavy (non-hydrogen) atoms. The van der Waals surface area contributed by atoms with E-state index >= 15 is 0 Å². The highest BCUT2D eigenvalue weighted by molar-refractivity contribution is 5.85. The number of likely N-dealkylation sites (N-methyl/N-ethyl adjacent to an activating group) is 1. The molecule has 2 atom stereocenters. The summed E-state index contributed by atoms with van der Waals surface area (Å²) in [5, 5.41) is 3.21. The fraction of sp³-hybridized carbons (Fsp3) is 0.900. The molecule has 2 aliphatic rings. The number of nitrogens with one attached hydrogen (secondary N) is 1. The lowest BCUT2D eigenvalue weighted by molar-refractivity contribution is -0.134. The predicted octanol–water partition coefficient (Wildman–Crippen LogP) is 0.265. The third kappa shape index (κ3) is 2.83. The van der Waals surface area contributed by atoms with Crippen molar-refractivity contribution in [2.75, 3.05) is 33.4 Å². The molecule has 0 aliphatic carbocycles. The smallest absolute Gasteiger partial charge is 0.228 e. The van der Waals surface area contributed by atoms with Gasteiger partial charge in [-0.25, -0.2) is 0 Å². The monoisotopic (exact) mass is 234 g/mol. The lowest BCUT2D eigenvalue weighted by Gasteiger charge is -2.19. The molecule has 1 unspecified atom stereocenters. The lowest BCUT2D eigenvalue weighted by Crippen LogP contribution is -2.37. The van der Waals surface area contributed by atoms with Crippen LogP contribution in [0.3, 0.4) is 0 Å². The summed E-state index contributed by atoms with van der Waals surface area (Å²) in [4.78, 5) is 13.9. The summed E-state index contributed by atoms with van der Waals surface area (Å²) < 4.78 is 5.23. The molecule has 1 N–H and O–H groups in total. The van der Waals surface area contributed by atoms with E-state index in [1.165, 1.54) is 0 Å². The number of hydrogen-bond donors (Lipinski definition) is 1. The van der Waals surface area contributed by atoms with Gasteiger partial charge in [-0.2, -0.15) is 0 Å². The highest BCUT2D eigenvalue weighted by Gasteiger charge is 2.32. The number of rotatable bonds is 2. The van der Waals surface area contributed by atoms with Crippen LogP contribution < -0.4 is 5.32 Å². The molecule has 0 aromatic rings. The highest BCUT2D eigenvalue weighted by atomic mass is 35.5. The third-order valence-corrected chi connectivity index (χ3v) is 3.19. The molecule has 0 radical (unpaired) electrons. The first-order valence-corrected chi connectivity index (χ1v) is 5.35. The zero-order valence-corrected chi connectivity index (χ0v) is 9.89. The standard InChI is InChI=1S/C10H18N2O2.ClH/c1-11-9-2-4-12(6-9)10(13)8-3-5-14-7-8;/h8-9,11H,2-7H2,1H3;1H/t8?,9-;/m0./s1. The van der Waals surface area contributed by atoms with Crippen LogP contribution in [-0.4, -0.2) is 50.2 Å². The maximum Gasteiger partial charge on any atom is 0.228 e. The number of carbonyl (C=O) groups is 1. The van der Waals surface area contributed by atoms with Crippen molar-refractivity contribution in [3.63, 3.8) is 0 Å². The fourth-order valence-electron chi connectivity index (χ4n) is 2.18. The van der Waals surface area contributed by atoms with Crippen LogP contribution in [0.2, 0.25) is 0 Å². The molecule has 0 spiro atoms. The molecule has 2 heterocycles. The van der Waals surface area contributed by atoms with E-state index in [9.17, 15) is 4.79 Å². The van der Waals surface area contributed by atoms with Gasteiger partial charge in [-0.3, -0.25) is 4.79 Å². The number of ether oxygens (including phenoxy) is 1. The van der Waals surface area contributed by atoms with Crippen molar-refractivity contribution in [2.45, 2.75) is 18.9 Å². The maximum absolute atomic E-state index is 11.9. The summed E-state index contributed by atoms with van der Waals surface area (Å²) >= 11 is 0. The van der Waals surface area contributed by atoms with Crippen LogP contribution in [0.25, 0.3) is 0 Å². The second-order valence-electron chi connectivity index (χ2n) is 4.12. The van der Waals surface area contributed by atoms with Gasteiger partial charge < -0.3 is 15.0 Å². The zero-order valence-electron chi connectivity index (χ0n) is 9.07. The maximum atomic E-state index is 11.9. The summed E-state index contributed by atoms with van der Waals surface area (Å²) in [6, 6.07) is 0.487. The Kier molecular flexibility index (Phi) is 4.83. The first-order chi connectivity index (χ1) is 6.81. The average molecular weight is 235 g/mol. The minimum Gasteiger partial charge on any atom is -0.381 e. The fourth-order valence-corrected chi connectivity index (χ4v) is 2.18. The molecule has 2 rings (SSSR count). The first-order valence-electron chi connectivity index (χ1n) is 5.35. The van der Waals surface area contributed by atoms with E-state index in [2.05, 4.69) is 5.32 Å². The van der Waals surface area contributed by atoms with Gasteiger partial charge >= 0.3 is 0 Å². The van der Waals surface area contributed by atoms with E-state index < -0.39 is 0 Å². The summed E-state index contributed by atoms with van der Waals surface area (Å²) in [6.45, 7) is 3.14. The van der Waals surface area contributed by atoms with Crippen molar-refractivity contribution in [2.24, 2.45) is 5.92 Å². The summed E-state index contributed by atoms with van der Waals surface area (Å²) in [5.74, 6) is 0.422. The Balaban J connectivity index is 0.00000112. The van der Waals surface area contributed by atoms with Crippen molar-refractivity contribution in [1.29, 1.82) is 0 Å². The minimum absolute atomic E-state index is 0. The van der Waals surface area contributed by atoms with Gasteiger partial charge in [0.2, 0.25) is 5.91 Å². The van der Waals surface area contributed by atoms with E-state index in [0.29, 0.717) is 18.6 Å². The van der Waals surface area contributed by atoms with Crippen molar-refractivity contribution in [3.05, 3.63) is 0 Å². The second-order valence-corrected chi connectivity index (χ2v) is 4.12. The van der Waals surface area contributed by atoms with Gasteiger partial charge in [0.1, 0.15) is 0 Å². The van der Waals surface area contributed by atoms with Crippen LogP contribution >= 0.6 is 12.4 Å². The topological polar surface area (TPSA) is 41.6 Å². The van der Waals surface area contributed by atoms with Crippen LogP contribution in [0, 0.1) is 5.92 Å². The zero-order chi connectivity index (χ0) is 9.97. The van der Waals surface area contributed by atoms with E-state index in [1.54, 1.807) is 0 Å². The van der Waals surface area contributed by atoms with E-state index in [0.717, 1.165) is 32.5 Å². The number of halogens is 1. The molecule has 2 aliphatic heterocycles. The number of carbonyl (C=O) groups excluding carboxylic acids is 1. The van der Waals surface area contributed by atoms with Gasteiger partial charge in [-0.05, 0) is 19.9 Å². The van der Waals surface area contributed by atoms with E-state index in [1.807, 2.05) is 11.9 Å². The van der Waals surface area contributed by atoms with Crippen LogP contribution in [0.4, 0.5) is 0 Å². The molecular weight excluding hydrogens is 216 g/mol. The predicted molar refractivity (Wildman–Crippen MR) is 60.2 cm³/mol. The Morgan fingerprint density at radius 1 is 1.47 bits per heavy atom. The third-order valence-electron chi connectivity index (χ3n) is 3.19. The molecule has 88 valence electrons. The van der Waals surface area contributed by atoms with Gasteiger partial charge in [-0.1, -0.05) is 0 Å². The lowest BCUT2D eigenvalue weighted by atomic mass is 10.1. The van der Waals surface area contributed by atoms with Crippen LogP contribution in [0.5, 0.6) is 0 Å². The first kappa shape index (κ1) is 12.7. The van der Waals surface area contributed by atoms with Gasteiger partial charge in [0.25, 0.3) is 0 Å². The van der Waals surface area contributed by atoms with Crippen molar-refractivity contribution in [1.82, 2.24) is 10.2 Å². The second kappa shape index (κ2) is 5.68. The van der Waals surface area contributed by atoms with Crippen molar-refractivity contribution < 1.29 is 9.53 Å². The molecule has 0 aromatic heterocycles. The average Bonchev–Trinajstić information content (AvgIpc) is 2.88. The number of nitrogens with zero attached hydrogens (tertiary/aromatic N) is 1. The number of hydrogen-bond acceptors (Lipinski definition) is 3. The normalized spacial score (nSPS) is 30.3. The molecule has 0 bridgehead atoms. The minimum atomic E-state index is 0. The summed E-state index contributed by atoms with van der Waals surface area (Å²) in [7, 11) is 1.96. The van der Waals surface area contributed by atoms with Gasteiger partial charge in [0, 0.05) is 25.7 Å². The molecule has 4 nitrogen and oxygen atoms in total. The van der Waals surface area contributed by atoms with Gasteiger partial charge in [-0.15, -0.1) is 12.4 Å². The summed E-state index contributed by atoms with van der Waals surface area (Å²) in [6.07, 6.45) is 1.98. The quantitative estimate of drug-likeness (QED) is 0.746. The largest absolute Gasteiger partial charge is 0.381 e. The Morgan fingerprint density at radius 2 is 2.27 bits per heavy atom. The summed E-state index contributed by atoms with van der Waals surface area (Å²) in [5.41, 5.74) is 0. The molecule has 0 saturated carbocycles. The Labute approximate surface area is 96.7 Å². The number of amides is 1.